The van der Waals surface area contributed by atoms with Gasteiger partial charge in [0.15, 0.2) is 0 Å². The highest BCUT2D eigenvalue weighted by Gasteiger charge is 2.32. The first kappa shape index (κ1) is 19.2. The molecule has 1 aliphatic rings. The monoisotopic (exact) mass is 358 g/mol. The summed E-state index contributed by atoms with van der Waals surface area (Å²) in [6.07, 6.45) is -3.69. The molecule has 0 bridgehead atoms. The van der Waals surface area contributed by atoms with E-state index in [0.717, 1.165) is 6.07 Å². The molecule has 0 aliphatic carbocycles. The van der Waals surface area contributed by atoms with E-state index in [2.05, 4.69) is 5.32 Å². The quantitative estimate of drug-likeness (QED) is 0.842. The van der Waals surface area contributed by atoms with Crippen LogP contribution in [0, 0.1) is 0 Å². The van der Waals surface area contributed by atoms with Gasteiger partial charge in [-0.15, -0.1) is 0 Å². The molecule has 0 spiro atoms. The van der Waals surface area contributed by atoms with Gasteiger partial charge in [-0.25, -0.2) is 0 Å². The Morgan fingerprint density at radius 3 is 2.72 bits per heavy atom. The molecule has 0 saturated carbocycles. The van der Waals surface area contributed by atoms with Crippen molar-refractivity contribution in [2.75, 3.05) is 19.6 Å². The van der Waals surface area contributed by atoms with Gasteiger partial charge >= 0.3 is 6.18 Å². The molecule has 1 atom stereocenters. The minimum Gasteiger partial charge on any atom is -0.383 e. The molecule has 0 aromatic heterocycles. The van der Waals surface area contributed by atoms with Gasteiger partial charge < -0.3 is 15.3 Å². The summed E-state index contributed by atoms with van der Waals surface area (Å²) < 4.78 is 38.7. The molecule has 1 heterocycles. The lowest BCUT2D eigenvalue weighted by molar-refractivity contribution is -0.142. The first-order valence-corrected chi connectivity index (χ1v) is 8.17. The fourth-order valence-electron chi connectivity index (χ4n) is 2.82. The molecule has 0 radical (unpaired) electrons. The van der Waals surface area contributed by atoms with Crippen molar-refractivity contribution in [3.8, 4) is 0 Å². The second kappa shape index (κ2) is 8.33. The van der Waals surface area contributed by atoms with E-state index in [1.54, 1.807) is 0 Å². The van der Waals surface area contributed by atoms with Crippen LogP contribution in [0.1, 0.15) is 30.4 Å². The van der Waals surface area contributed by atoms with Crippen LogP contribution >= 0.6 is 0 Å². The first-order chi connectivity index (χ1) is 11.8. The molecular formula is C17H21F3N2O3. The van der Waals surface area contributed by atoms with Crippen molar-refractivity contribution in [2.45, 2.75) is 38.0 Å². The molecule has 1 saturated heterocycles. The number of alkyl halides is 3. The fourth-order valence-corrected chi connectivity index (χ4v) is 2.82. The molecule has 2 rings (SSSR count). The number of aliphatic hydroxyl groups excluding tert-OH is 1. The summed E-state index contributed by atoms with van der Waals surface area (Å²) in [5, 5.41) is 12.2. The summed E-state index contributed by atoms with van der Waals surface area (Å²) >= 11 is 0. The Morgan fingerprint density at radius 1 is 1.28 bits per heavy atom. The van der Waals surface area contributed by atoms with Crippen LogP contribution in [0.5, 0.6) is 0 Å². The van der Waals surface area contributed by atoms with Crippen molar-refractivity contribution < 1.29 is 27.9 Å². The van der Waals surface area contributed by atoms with E-state index in [0.29, 0.717) is 25.8 Å². The highest BCUT2D eigenvalue weighted by atomic mass is 19.4. The predicted octanol–water partition coefficient (Wildman–Crippen LogP) is 1.74. The molecule has 8 heteroatoms. The van der Waals surface area contributed by atoms with E-state index in [-0.39, 0.29) is 25.1 Å². The number of nitrogens with one attached hydrogen (secondary N) is 1. The third kappa shape index (κ3) is 5.45. The van der Waals surface area contributed by atoms with Crippen molar-refractivity contribution in [3.05, 3.63) is 35.4 Å². The average molecular weight is 358 g/mol. The van der Waals surface area contributed by atoms with E-state index in [9.17, 15) is 27.9 Å². The third-order valence-electron chi connectivity index (χ3n) is 4.13. The zero-order valence-corrected chi connectivity index (χ0v) is 13.7. The standard InChI is InChI=1S/C17H21F3N2O3/c18-17(19,20)13-6-2-1-5-12(13)8-9-21-15(24)11-22-10-4-3-7-14(23)16(22)25/h1-2,5-6,14,23H,3-4,7-11H2,(H,21,24). The number of hydrogen-bond donors (Lipinski definition) is 2. The largest absolute Gasteiger partial charge is 0.416 e. The maximum absolute atomic E-state index is 12.9. The van der Waals surface area contributed by atoms with Crippen LogP contribution < -0.4 is 5.32 Å². The van der Waals surface area contributed by atoms with Crippen LogP contribution in [-0.4, -0.2) is 47.6 Å². The zero-order valence-electron chi connectivity index (χ0n) is 13.7. The fraction of sp³-hybridized carbons (Fsp3) is 0.529. The summed E-state index contributed by atoms with van der Waals surface area (Å²) in [5.41, 5.74) is -0.605. The van der Waals surface area contributed by atoms with Crippen molar-refractivity contribution in [1.82, 2.24) is 10.2 Å². The Balaban J connectivity index is 1.86. The van der Waals surface area contributed by atoms with E-state index < -0.39 is 29.7 Å². The molecule has 25 heavy (non-hydrogen) atoms. The second-order valence-electron chi connectivity index (χ2n) is 6.03. The second-order valence-corrected chi connectivity index (χ2v) is 6.03. The first-order valence-electron chi connectivity index (χ1n) is 8.17. The molecule has 2 amide bonds. The molecule has 1 fully saturated rings. The molecule has 138 valence electrons. The van der Waals surface area contributed by atoms with E-state index >= 15 is 0 Å². The van der Waals surface area contributed by atoms with Gasteiger partial charge in [0.05, 0.1) is 12.1 Å². The van der Waals surface area contributed by atoms with Crippen molar-refractivity contribution in [3.63, 3.8) is 0 Å². The average Bonchev–Trinajstić information content (AvgIpc) is 2.70. The summed E-state index contributed by atoms with van der Waals surface area (Å²) in [7, 11) is 0. The molecule has 2 N–H and O–H groups in total. The van der Waals surface area contributed by atoms with Gasteiger partial charge in [0.2, 0.25) is 5.91 Å². The van der Waals surface area contributed by atoms with Gasteiger partial charge in [-0.05, 0) is 37.3 Å². The Labute approximate surface area is 143 Å². The summed E-state index contributed by atoms with van der Waals surface area (Å²) in [6.45, 7) is 0.230. The van der Waals surface area contributed by atoms with Crippen LogP contribution in [0.2, 0.25) is 0 Å². The highest BCUT2D eigenvalue weighted by molar-refractivity contribution is 5.87. The maximum atomic E-state index is 12.9. The van der Waals surface area contributed by atoms with Crippen LogP contribution in [0.4, 0.5) is 13.2 Å². The smallest absolute Gasteiger partial charge is 0.383 e. The lowest BCUT2D eigenvalue weighted by Crippen LogP contribution is -2.44. The number of benzene rings is 1. The number of halogens is 3. The minimum absolute atomic E-state index is 0.0382. The Kier molecular flexibility index (Phi) is 6.41. The number of aliphatic hydroxyl groups is 1. The summed E-state index contributed by atoms with van der Waals surface area (Å²) in [6, 6.07) is 5.23. The van der Waals surface area contributed by atoms with E-state index in [1.807, 2.05) is 0 Å². The van der Waals surface area contributed by atoms with Crippen LogP contribution in [0.15, 0.2) is 24.3 Å². The number of amides is 2. The Morgan fingerprint density at radius 2 is 2.00 bits per heavy atom. The number of nitrogens with zero attached hydrogens (tertiary/aromatic N) is 1. The van der Waals surface area contributed by atoms with Gasteiger partial charge in [-0.2, -0.15) is 13.2 Å². The zero-order chi connectivity index (χ0) is 18.4. The number of likely N-dealkylation sites (tertiary alicyclic amines) is 1. The Bertz CT molecular complexity index is 619. The number of carbonyl (C=O) groups is 2. The van der Waals surface area contributed by atoms with Gasteiger partial charge in [-0.3, -0.25) is 9.59 Å². The molecule has 1 aromatic carbocycles. The number of carbonyl (C=O) groups excluding carboxylic acids is 2. The summed E-state index contributed by atoms with van der Waals surface area (Å²) in [4.78, 5) is 25.1. The lowest BCUT2D eigenvalue weighted by Gasteiger charge is -2.21. The number of hydrogen-bond acceptors (Lipinski definition) is 3. The lowest BCUT2D eigenvalue weighted by atomic mass is 10.0. The Hall–Kier alpha value is -2.09. The van der Waals surface area contributed by atoms with Crippen LogP contribution in [0.25, 0.3) is 0 Å². The maximum Gasteiger partial charge on any atom is 0.416 e. The van der Waals surface area contributed by atoms with Gasteiger partial charge in [-0.1, -0.05) is 18.2 Å². The van der Waals surface area contributed by atoms with Gasteiger partial charge in [0.25, 0.3) is 5.91 Å². The normalized spacial score (nSPS) is 18.8. The molecule has 1 unspecified atom stereocenters. The van der Waals surface area contributed by atoms with E-state index in [4.69, 9.17) is 0 Å². The van der Waals surface area contributed by atoms with Crippen LogP contribution in [-0.2, 0) is 22.2 Å². The van der Waals surface area contributed by atoms with Gasteiger partial charge in [0.1, 0.15) is 6.10 Å². The van der Waals surface area contributed by atoms with E-state index in [1.165, 1.54) is 23.1 Å². The van der Waals surface area contributed by atoms with Crippen molar-refractivity contribution in [2.24, 2.45) is 0 Å². The molecule has 1 aliphatic heterocycles. The molecule has 1 aromatic rings. The van der Waals surface area contributed by atoms with Gasteiger partial charge in [0, 0.05) is 13.1 Å². The minimum atomic E-state index is -4.44. The summed E-state index contributed by atoms with van der Waals surface area (Å²) in [5.74, 6) is -0.929. The predicted molar refractivity (Wildman–Crippen MR) is 84.6 cm³/mol. The molecule has 5 nitrogen and oxygen atoms in total. The topological polar surface area (TPSA) is 69.6 Å². The highest BCUT2D eigenvalue weighted by Crippen LogP contribution is 2.31. The van der Waals surface area contributed by atoms with Crippen molar-refractivity contribution in [1.29, 1.82) is 0 Å². The number of rotatable bonds is 5. The van der Waals surface area contributed by atoms with Crippen LogP contribution in [0.3, 0.4) is 0 Å². The van der Waals surface area contributed by atoms with Crippen molar-refractivity contribution >= 4 is 11.8 Å². The molecular weight excluding hydrogens is 337 g/mol. The third-order valence-corrected chi connectivity index (χ3v) is 4.13. The SMILES string of the molecule is O=C(CN1CCCCC(O)C1=O)NCCc1ccccc1C(F)(F)F.